The molecule has 9 heteroatoms. The molecule has 1 aromatic carbocycles. The predicted octanol–water partition coefficient (Wildman–Crippen LogP) is 3.09. The van der Waals surface area contributed by atoms with Gasteiger partial charge < -0.3 is 9.84 Å². The number of ether oxygens (including phenoxy) is 1. The SMILES string of the molecule is CC(C)CC1=NN(C(=O)COc2ccc(F)cc2)[C@@](O)(C(F)(F)F)C1. The van der Waals surface area contributed by atoms with E-state index in [4.69, 9.17) is 4.74 Å². The van der Waals surface area contributed by atoms with Crippen LogP contribution in [0, 0.1) is 11.7 Å². The summed E-state index contributed by atoms with van der Waals surface area (Å²) < 4.78 is 57.7. The zero-order valence-corrected chi connectivity index (χ0v) is 13.7. The molecule has 0 radical (unpaired) electrons. The Morgan fingerprint density at radius 1 is 1.36 bits per heavy atom. The van der Waals surface area contributed by atoms with Crippen molar-refractivity contribution in [2.24, 2.45) is 11.0 Å². The fourth-order valence-electron chi connectivity index (χ4n) is 2.42. The van der Waals surface area contributed by atoms with E-state index < -0.39 is 36.7 Å². The van der Waals surface area contributed by atoms with Gasteiger partial charge in [-0.15, -0.1) is 0 Å². The van der Waals surface area contributed by atoms with E-state index in [1.807, 2.05) is 0 Å². The fraction of sp³-hybridized carbons (Fsp3) is 0.500. The molecule has 1 aliphatic heterocycles. The first-order valence-corrected chi connectivity index (χ1v) is 7.60. The number of hydrogen-bond acceptors (Lipinski definition) is 4. The second-order valence-corrected chi connectivity index (χ2v) is 6.20. The highest BCUT2D eigenvalue weighted by molar-refractivity contribution is 5.91. The van der Waals surface area contributed by atoms with E-state index in [1.165, 1.54) is 12.1 Å². The molecule has 25 heavy (non-hydrogen) atoms. The first kappa shape index (κ1) is 19.2. The Kier molecular flexibility index (Phi) is 5.36. The zero-order chi connectivity index (χ0) is 18.8. The molecule has 0 fully saturated rings. The fourth-order valence-corrected chi connectivity index (χ4v) is 2.42. The lowest BCUT2D eigenvalue weighted by Crippen LogP contribution is -2.57. The zero-order valence-electron chi connectivity index (χ0n) is 13.7. The smallest absolute Gasteiger partial charge is 0.438 e. The van der Waals surface area contributed by atoms with Crippen molar-refractivity contribution in [1.82, 2.24) is 5.01 Å². The summed E-state index contributed by atoms with van der Waals surface area (Å²) in [5.41, 5.74) is -3.30. The summed E-state index contributed by atoms with van der Waals surface area (Å²) >= 11 is 0. The number of hydrazone groups is 1. The molecule has 1 N–H and O–H groups in total. The highest BCUT2D eigenvalue weighted by Crippen LogP contribution is 2.41. The van der Waals surface area contributed by atoms with Crippen LogP contribution in [0.25, 0.3) is 0 Å². The van der Waals surface area contributed by atoms with Crippen LogP contribution in [-0.2, 0) is 4.79 Å². The number of nitrogens with zero attached hydrogens (tertiary/aromatic N) is 2. The van der Waals surface area contributed by atoms with Crippen LogP contribution in [0.2, 0.25) is 0 Å². The molecule has 2 rings (SSSR count). The van der Waals surface area contributed by atoms with Crippen LogP contribution in [0.15, 0.2) is 29.4 Å². The van der Waals surface area contributed by atoms with Crippen LogP contribution < -0.4 is 4.74 Å². The molecule has 0 spiro atoms. The molecular formula is C16H18F4N2O3. The van der Waals surface area contributed by atoms with Crippen LogP contribution in [0.4, 0.5) is 17.6 Å². The molecule has 0 aliphatic carbocycles. The number of amides is 1. The monoisotopic (exact) mass is 362 g/mol. The molecule has 1 aliphatic rings. The Labute approximate surface area is 141 Å². The van der Waals surface area contributed by atoms with Gasteiger partial charge in [-0.2, -0.15) is 23.3 Å². The molecule has 1 atom stereocenters. The average molecular weight is 362 g/mol. The number of carbonyl (C=O) groups excluding carboxylic acids is 1. The first-order valence-electron chi connectivity index (χ1n) is 7.60. The Hall–Kier alpha value is -2.16. The quantitative estimate of drug-likeness (QED) is 0.819. The van der Waals surface area contributed by atoms with Gasteiger partial charge in [0.2, 0.25) is 0 Å². The standard InChI is InChI=1S/C16H18F4N2O3/c1-10(2)7-12-8-15(24,16(18,19)20)22(21-12)14(23)9-25-13-5-3-11(17)4-6-13/h3-6,10,24H,7-9H2,1-2H3/t15-/m0/s1. The number of halogens is 4. The number of benzene rings is 1. The Morgan fingerprint density at radius 2 is 1.96 bits per heavy atom. The number of aliphatic hydroxyl groups is 1. The third-order valence-electron chi connectivity index (χ3n) is 3.55. The second kappa shape index (κ2) is 6.99. The summed E-state index contributed by atoms with van der Waals surface area (Å²) in [4.78, 5) is 12.1. The van der Waals surface area contributed by atoms with E-state index in [2.05, 4.69) is 5.10 Å². The molecule has 0 bridgehead atoms. The highest BCUT2D eigenvalue weighted by Gasteiger charge is 2.63. The number of carbonyl (C=O) groups is 1. The highest BCUT2D eigenvalue weighted by atomic mass is 19.4. The molecule has 1 heterocycles. The minimum absolute atomic E-state index is 0.0155. The van der Waals surface area contributed by atoms with Crippen molar-refractivity contribution in [3.8, 4) is 5.75 Å². The van der Waals surface area contributed by atoms with Gasteiger partial charge in [0.25, 0.3) is 11.6 Å². The van der Waals surface area contributed by atoms with Gasteiger partial charge in [0.05, 0.1) is 0 Å². The van der Waals surface area contributed by atoms with E-state index in [-0.39, 0.29) is 28.8 Å². The van der Waals surface area contributed by atoms with Crippen LogP contribution in [0.3, 0.4) is 0 Å². The minimum Gasteiger partial charge on any atom is -0.484 e. The molecule has 138 valence electrons. The van der Waals surface area contributed by atoms with Gasteiger partial charge in [-0.1, -0.05) is 13.8 Å². The maximum absolute atomic E-state index is 13.3. The van der Waals surface area contributed by atoms with Crippen molar-refractivity contribution in [3.05, 3.63) is 30.1 Å². The molecule has 0 saturated heterocycles. The Morgan fingerprint density at radius 3 is 2.48 bits per heavy atom. The van der Waals surface area contributed by atoms with Gasteiger partial charge in [-0.25, -0.2) is 4.39 Å². The predicted molar refractivity (Wildman–Crippen MR) is 81.3 cm³/mol. The van der Waals surface area contributed by atoms with Crippen molar-refractivity contribution >= 4 is 11.6 Å². The van der Waals surface area contributed by atoms with E-state index in [0.717, 1.165) is 12.1 Å². The largest absolute Gasteiger partial charge is 0.484 e. The topological polar surface area (TPSA) is 62.1 Å². The van der Waals surface area contributed by atoms with E-state index in [0.29, 0.717) is 0 Å². The third kappa shape index (κ3) is 4.28. The first-order chi connectivity index (χ1) is 11.5. The second-order valence-electron chi connectivity index (χ2n) is 6.20. The normalized spacial score (nSPS) is 20.8. The van der Waals surface area contributed by atoms with Gasteiger partial charge in [0.15, 0.2) is 6.61 Å². The summed E-state index contributed by atoms with van der Waals surface area (Å²) in [5, 5.41) is 13.7. The van der Waals surface area contributed by atoms with Crippen molar-refractivity contribution in [2.75, 3.05) is 6.61 Å². The van der Waals surface area contributed by atoms with Gasteiger partial charge >= 0.3 is 6.18 Å². The average Bonchev–Trinajstić information content (AvgIpc) is 2.83. The molecule has 1 amide bonds. The summed E-state index contributed by atoms with van der Waals surface area (Å²) in [6.07, 6.45) is -5.64. The maximum Gasteiger partial charge on any atom is 0.438 e. The molecule has 5 nitrogen and oxygen atoms in total. The lowest BCUT2D eigenvalue weighted by Gasteiger charge is -2.32. The molecular weight excluding hydrogens is 344 g/mol. The van der Waals surface area contributed by atoms with Gasteiger partial charge in [0, 0.05) is 12.1 Å². The Bertz CT molecular complexity index is 658. The van der Waals surface area contributed by atoms with E-state index >= 15 is 0 Å². The molecule has 0 aromatic heterocycles. The van der Waals surface area contributed by atoms with Gasteiger partial charge in [0.1, 0.15) is 11.6 Å². The minimum atomic E-state index is -5.07. The maximum atomic E-state index is 13.3. The van der Waals surface area contributed by atoms with Gasteiger partial charge in [-0.3, -0.25) is 4.79 Å². The lowest BCUT2D eigenvalue weighted by atomic mass is 9.99. The summed E-state index contributed by atoms with van der Waals surface area (Å²) in [6.45, 7) is 2.80. The van der Waals surface area contributed by atoms with Crippen molar-refractivity contribution in [3.63, 3.8) is 0 Å². The van der Waals surface area contributed by atoms with Crippen LogP contribution in [0.5, 0.6) is 5.75 Å². The van der Waals surface area contributed by atoms with Crippen LogP contribution in [0.1, 0.15) is 26.7 Å². The number of rotatable bonds is 5. The summed E-state index contributed by atoms with van der Waals surface area (Å²) in [5.74, 6) is -1.55. The summed E-state index contributed by atoms with van der Waals surface area (Å²) in [7, 11) is 0. The van der Waals surface area contributed by atoms with E-state index in [9.17, 15) is 27.5 Å². The van der Waals surface area contributed by atoms with Crippen LogP contribution in [-0.4, -0.2) is 40.2 Å². The Balaban J connectivity index is 2.14. The molecule has 0 saturated carbocycles. The van der Waals surface area contributed by atoms with Crippen molar-refractivity contribution < 1.29 is 32.2 Å². The van der Waals surface area contributed by atoms with Crippen molar-refractivity contribution in [2.45, 2.75) is 38.6 Å². The van der Waals surface area contributed by atoms with Crippen molar-refractivity contribution in [1.29, 1.82) is 0 Å². The molecule has 0 unspecified atom stereocenters. The lowest BCUT2D eigenvalue weighted by molar-refractivity contribution is -0.302. The number of alkyl halides is 3. The number of hydrogen-bond donors (Lipinski definition) is 1. The van der Waals surface area contributed by atoms with E-state index in [1.54, 1.807) is 13.8 Å². The third-order valence-corrected chi connectivity index (χ3v) is 3.55. The summed E-state index contributed by atoms with van der Waals surface area (Å²) in [6, 6.07) is 4.63. The van der Waals surface area contributed by atoms with Crippen LogP contribution >= 0.6 is 0 Å². The van der Waals surface area contributed by atoms with Gasteiger partial charge in [-0.05, 0) is 36.6 Å². The molecule has 1 aromatic rings.